The van der Waals surface area contributed by atoms with Crippen LogP contribution in [0.2, 0.25) is 0 Å². The number of rotatable bonds is 4. The fraction of sp³-hybridized carbons (Fsp3) is 0.938. The summed E-state index contributed by atoms with van der Waals surface area (Å²) in [5.74, 6) is 0.223. The quantitative estimate of drug-likeness (QED) is 0.849. The van der Waals surface area contributed by atoms with Crippen molar-refractivity contribution in [3.8, 4) is 0 Å². The lowest BCUT2D eigenvalue weighted by molar-refractivity contribution is -0.139. The Morgan fingerprint density at radius 2 is 1.42 bits per heavy atom. The number of hydrogen-bond acceptors (Lipinski definition) is 2. The van der Waals surface area contributed by atoms with Crippen molar-refractivity contribution in [1.82, 2.24) is 4.90 Å². The van der Waals surface area contributed by atoms with Gasteiger partial charge in [0.15, 0.2) is 0 Å². The Kier molecular flexibility index (Phi) is 5.68. The second-order valence-electron chi connectivity index (χ2n) is 6.34. The first-order chi connectivity index (χ1) is 9.24. The molecule has 0 radical (unpaired) electrons. The topological polar surface area (TPSA) is 46.3 Å². The molecule has 2 saturated carbocycles. The number of carbonyl (C=O) groups excluding carboxylic acids is 1. The summed E-state index contributed by atoms with van der Waals surface area (Å²) in [4.78, 5) is 14.9. The van der Waals surface area contributed by atoms with Crippen LogP contribution in [0.4, 0.5) is 0 Å². The number of nitrogens with two attached hydrogens (primary N) is 1. The number of carbonyl (C=O) groups is 1. The molecular weight excluding hydrogens is 236 g/mol. The third kappa shape index (κ3) is 3.71. The molecule has 0 unspecified atom stereocenters. The predicted octanol–water partition coefficient (Wildman–Crippen LogP) is 3.22. The summed E-state index contributed by atoms with van der Waals surface area (Å²) in [6, 6.07) is 0.660. The van der Waals surface area contributed by atoms with Crippen molar-refractivity contribution in [2.75, 3.05) is 0 Å². The zero-order chi connectivity index (χ0) is 13.7. The van der Waals surface area contributed by atoms with Gasteiger partial charge in [-0.05, 0) is 32.1 Å². The summed E-state index contributed by atoms with van der Waals surface area (Å²) >= 11 is 0. The monoisotopic (exact) mass is 266 g/mol. The average Bonchev–Trinajstić information content (AvgIpc) is 2.49. The van der Waals surface area contributed by atoms with Crippen LogP contribution in [0, 0.1) is 0 Å². The van der Waals surface area contributed by atoms with Crippen molar-refractivity contribution in [2.45, 2.75) is 95.7 Å². The van der Waals surface area contributed by atoms with Crippen LogP contribution < -0.4 is 5.73 Å². The fourth-order valence-electron chi connectivity index (χ4n) is 3.74. The van der Waals surface area contributed by atoms with Gasteiger partial charge in [0, 0.05) is 12.1 Å². The van der Waals surface area contributed by atoms with Crippen molar-refractivity contribution in [3.63, 3.8) is 0 Å². The largest absolute Gasteiger partial charge is 0.335 e. The normalized spacial score (nSPS) is 24.1. The van der Waals surface area contributed by atoms with E-state index < -0.39 is 0 Å². The van der Waals surface area contributed by atoms with E-state index in [1.807, 2.05) is 6.92 Å². The van der Waals surface area contributed by atoms with E-state index in [0.717, 1.165) is 6.42 Å². The Hall–Kier alpha value is -0.570. The third-order valence-electron chi connectivity index (χ3n) is 4.95. The molecule has 2 aliphatic carbocycles. The molecule has 0 saturated heterocycles. The minimum absolute atomic E-state index is 0.223. The molecule has 110 valence electrons. The molecule has 1 amide bonds. The molecular formula is C16H30N2O. The van der Waals surface area contributed by atoms with Gasteiger partial charge < -0.3 is 10.6 Å². The highest BCUT2D eigenvalue weighted by atomic mass is 16.2. The van der Waals surface area contributed by atoms with E-state index in [9.17, 15) is 4.79 Å². The molecule has 0 aliphatic heterocycles. The van der Waals surface area contributed by atoms with Crippen molar-refractivity contribution >= 4 is 5.91 Å². The van der Waals surface area contributed by atoms with Gasteiger partial charge in [-0.3, -0.25) is 4.79 Å². The van der Waals surface area contributed by atoms with Crippen molar-refractivity contribution in [1.29, 1.82) is 0 Å². The number of nitrogens with zero attached hydrogens (tertiary/aromatic N) is 1. The van der Waals surface area contributed by atoms with Crippen LogP contribution in [0.15, 0.2) is 0 Å². The van der Waals surface area contributed by atoms with Crippen LogP contribution in [-0.4, -0.2) is 28.9 Å². The molecule has 3 nitrogen and oxygen atoms in total. The molecule has 1 atom stereocenters. The standard InChI is InChI=1S/C16H30N2O/c1-2-15(17)16(19)18(13-9-5-3-6-10-13)14-11-7-4-8-12-14/h13-15H,2-12,17H2,1H3/t15-/m0/s1. The lowest BCUT2D eigenvalue weighted by atomic mass is 9.88. The van der Waals surface area contributed by atoms with Crippen molar-refractivity contribution in [3.05, 3.63) is 0 Å². The van der Waals surface area contributed by atoms with Gasteiger partial charge >= 0.3 is 0 Å². The minimum Gasteiger partial charge on any atom is -0.335 e. The first-order valence-corrected chi connectivity index (χ1v) is 8.31. The van der Waals surface area contributed by atoms with E-state index in [1.165, 1.54) is 64.2 Å². The SMILES string of the molecule is CC[C@H](N)C(=O)N(C1CCCCC1)C1CCCCC1. The first kappa shape index (κ1) is 14.8. The zero-order valence-corrected chi connectivity index (χ0v) is 12.4. The smallest absolute Gasteiger partial charge is 0.239 e. The number of hydrogen-bond donors (Lipinski definition) is 1. The molecule has 0 aromatic carbocycles. The third-order valence-corrected chi connectivity index (χ3v) is 4.95. The van der Waals surface area contributed by atoms with E-state index in [4.69, 9.17) is 5.73 Å². The maximum Gasteiger partial charge on any atom is 0.239 e. The maximum absolute atomic E-state index is 12.7. The van der Waals surface area contributed by atoms with Gasteiger partial charge in [0.2, 0.25) is 5.91 Å². The zero-order valence-electron chi connectivity index (χ0n) is 12.4. The average molecular weight is 266 g/mol. The summed E-state index contributed by atoms with van der Waals surface area (Å²) in [6.07, 6.45) is 13.3. The second kappa shape index (κ2) is 7.28. The van der Waals surface area contributed by atoms with E-state index in [2.05, 4.69) is 4.90 Å². The van der Waals surface area contributed by atoms with Gasteiger partial charge in [-0.1, -0.05) is 45.4 Å². The summed E-state index contributed by atoms with van der Waals surface area (Å²) in [6.45, 7) is 2.02. The Morgan fingerprint density at radius 3 is 1.79 bits per heavy atom. The molecule has 2 aliphatic rings. The highest BCUT2D eigenvalue weighted by Gasteiger charge is 2.34. The maximum atomic E-state index is 12.7. The van der Waals surface area contributed by atoms with Crippen LogP contribution in [0.1, 0.15) is 77.6 Å². The highest BCUT2D eigenvalue weighted by molar-refractivity contribution is 5.82. The van der Waals surface area contributed by atoms with Crippen LogP contribution in [-0.2, 0) is 4.79 Å². The summed E-state index contributed by atoms with van der Waals surface area (Å²) in [5.41, 5.74) is 6.04. The molecule has 0 bridgehead atoms. The van der Waals surface area contributed by atoms with E-state index in [-0.39, 0.29) is 11.9 Å². The van der Waals surface area contributed by atoms with Gasteiger partial charge in [-0.15, -0.1) is 0 Å². The lowest BCUT2D eigenvalue weighted by Crippen LogP contribution is -2.54. The van der Waals surface area contributed by atoms with Crippen molar-refractivity contribution < 1.29 is 4.79 Å². The van der Waals surface area contributed by atoms with Gasteiger partial charge in [-0.2, -0.15) is 0 Å². The highest BCUT2D eigenvalue weighted by Crippen LogP contribution is 2.30. The van der Waals surface area contributed by atoms with Gasteiger partial charge in [0.25, 0.3) is 0 Å². The van der Waals surface area contributed by atoms with Crippen LogP contribution in [0.25, 0.3) is 0 Å². The Labute approximate surface area is 117 Å². The molecule has 19 heavy (non-hydrogen) atoms. The molecule has 0 aromatic rings. The number of amides is 1. The van der Waals surface area contributed by atoms with E-state index in [0.29, 0.717) is 12.1 Å². The molecule has 2 N–H and O–H groups in total. The Morgan fingerprint density at radius 1 is 1.00 bits per heavy atom. The van der Waals surface area contributed by atoms with Crippen LogP contribution in [0.3, 0.4) is 0 Å². The first-order valence-electron chi connectivity index (χ1n) is 8.31. The molecule has 2 fully saturated rings. The van der Waals surface area contributed by atoms with Gasteiger partial charge in [-0.25, -0.2) is 0 Å². The summed E-state index contributed by atoms with van der Waals surface area (Å²) < 4.78 is 0. The Balaban J connectivity index is 2.08. The van der Waals surface area contributed by atoms with Gasteiger partial charge in [0.05, 0.1) is 6.04 Å². The van der Waals surface area contributed by atoms with Crippen molar-refractivity contribution in [2.24, 2.45) is 5.73 Å². The van der Waals surface area contributed by atoms with E-state index in [1.54, 1.807) is 0 Å². The lowest BCUT2D eigenvalue weighted by Gasteiger charge is -2.42. The Bertz CT molecular complexity index is 262. The summed E-state index contributed by atoms with van der Waals surface area (Å²) in [5, 5.41) is 0. The molecule has 0 aromatic heterocycles. The molecule has 2 rings (SSSR count). The molecule has 3 heteroatoms. The van der Waals surface area contributed by atoms with E-state index >= 15 is 0 Å². The fourth-order valence-corrected chi connectivity index (χ4v) is 3.74. The van der Waals surface area contributed by atoms with Crippen LogP contribution >= 0.6 is 0 Å². The van der Waals surface area contributed by atoms with Gasteiger partial charge in [0.1, 0.15) is 0 Å². The molecule has 0 spiro atoms. The van der Waals surface area contributed by atoms with Crippen LogP contribution in [0.5, 0.6) is 0 Å². The molecule has 0 heterocycles. The predicted molar refractivity (Wildman–Crippen MR) is 78.9 cm³/mol. The summed E-state index contributed by atoms with van der Waals surface area (Å²) in [7, 11) is 0. The second-order valence-corrected chi connectivity index (χ2v) is 6.34. The minimum atomic E-state index is -0.288.